The number of hydrogen-bond donors (Lipinski definition) is 4. The first kappa shape index (κ1) is 9.97. The Labute approximate surface area is 45.0 Å². The lowest BCUT2D eigenvalue weighted by molar-refractivity contribution is -0.117. The molecule has 0 aromatic carbocycles. The molecule has 6 nitrogen and oxygen atoms in total. The van der Waals surface area contributed by atoms with Gasteiger partial charge >= 0.3 is 0 Å². The molecule has 0 aromatic heterocycles. The first-order valence-electron chi connectivity index (χ1n) is 1.50. The number of nitrogens with one attached hydrogen (secondary N) is 2. The molecule has 0 saturated heterocycles. The molecule has 0 bridgehead atoms. The molecular weight excluding hydrogens is 116 g/mol. The summed E-state index contributed by atoms with van der Waals surface area (Å²) in [6.07, 6.45) is 0.361. The van der Waals surface area contributed by atoms with E-state index in [-0.39, 0.29) is 12.8 Å². The maximum absolute atomic E-state index is 8.81. The smallest absolute Gasteiger partial charge is 0.230 e. The van der Waals surface area contributed by atoms with E-state index in [1.807, 2.05) is 0 Å². The molecule has 8 heavy (non-hydrogen) atoms. The lowest BCUT2D eigenvalue weighted by Crippen LogP contribution is -1.99. The van der Waals surface area contributed by atoms with E-state index in [9.17, 15) is 0 Å². The third-order valence-electron chi connectivity index (χ3n) is 0.105. The van der Waals surface area contributed by atoms with Crippen molar-refractivity contribution in [2.45, 2.75) is 0 Å². The first-order chi connectivity index (χ1) is 3.83. The molecule has 0 spiro atoms. The second-order valence-electron chi connectivity index (χ2n) is 0.494. The molecule has 0 rings (SSSR count). The van der Waals surface area contributed by atoms with E-state index in [0.717, 1.165) is 0 Å². The highest BCUT2D eigenvalue weighted by Gasteiger charge is 1.44. The summed E-state index contributed by atoms with van der Waals surface area (Å²) in [4.78, 5) is 17.6. The van der Waals surface area contributed by atoms with Gasteiger partial charge in [0.1, 0.15) is 0 Å². The average Bonchev–Trinajstić information content (AvgIpc) is 1.88. The van der Waals surface area contributed by atoms with Gasteiger partial charge in [-0.1, -0.05) is 0 Å². The summed E-state index contributed by atoms with van der Waals surface area (Å²) in [6, 6.07) is 0. The van der Waals surface area contributed by atoms with Crippen molar-refractivity contribution < 1.29 is 20.0 Å². The predicted molar refractivity (Wildman–Crippen MR) is 22.0 cm³/mol. The third-order valence-corrected chi connectivity index (χ3v) is 0.105. The second kappa shape index (κ2) is 16.9. The Kier molecular flexibility index (Phi) is 21.1. The predicted octanol–water partition coefficient (Wildman–Crippen LogP) is -1.76. The van der Waals surface area contributed by atoms with Crippen LogP contribution in [0.2, 0.25) is 0 Å². The van der Waals surface area contributed by atoms with Crippen LogP contribution < -0.4 is 11.0 Å². The van der Waals surface area contributed by atoms with Crippen molar-refractivity contribution in [2.75, 3.05) is 0 Å². The first-order valence-corrected chi connectivity index (χ1v) is 1.50. The molecule has 0 fully saturated rings. The summed E-state index contributed by atoms with van der Waals surface area (Å²) in [5, 5.41) is 14.5. The third kappa shape index (κ3) is 97.9. The Balaban J connectivity index is 0. The van der Waals surface area contributed by atoms with Crippen LogP contribution in [0.15, 0.2) is 0 Å². The van der Waals surface area contributed by atoms with E-state index in [1.54, 1.807) is 0 Å². The lowest BCUT2D eigenvalue weighted by atomic mass is 11.5. The molecule has 0 saturated carbocycles. The minimum absolute atomic E-state index is 0.181. The Morgan fingerprint density at radius 1 is 1.00 bits per heavy atom. The summed E-state index contributed by atoms with van der Waals surface area (Å²) < 4.78 is 0. The molecule has 2 amide bonds. The minimum Gasteiger partial charge on any atom is -0.289 e. The van der Waals surface area contributed by atoms with Crippen LogP contribution in [-0.2, 0) is 9.59 Å². The zero-order valence-corrected chi connectivity index (χ0v) is 3.87. The molecular formula is C2H6N2O4. The second-order valence-corrected chi connectivity index (χ2v) is 0.494. The van der Waals surface area contributed by atoms with Gasteiger partial charge in [-0.15, -0.1) is 0 Å². The van der Waals surface area contributed by atoms with Gasteiger partial charge in [-0.3, -0.25) is 20.0 Å². The van der Waals surface area contributed by atoms with Crippen LogP contribution in [0.1, 0.15) is 0 Å². The van der Waals surface area contributed by atoms with Crippen LogP contribution in [-0.4, -0.2) is 23.2 Å². The van der Waals surface area contributed by atoms with Gasteiger partial charge in [0.25, 0.3) is 0 Å². The fourth-order valence-electron chi connectivity index (χ4n) is 0. The maximum atomic E-state index is 8.81. The molecule has 0 heterocycles. The molecule has 0 aliphatic rings. The molecule has 0 aliphatic heterocycles. The van der Waals surface area contributed by atoms with Gasteiger partial charge in [0, 0.05) is 0 Å². The summed E-state index contributed by atoms with van der Waals surface area (Å²) >= 11 is 0. The van der Waals surface area contributed by atoms with Crippen LogP contribution in [0.5, 0.6) is 0 Å². The molecule has 0 unspecified atom stereocenters. The number of rotatable bonds is 2. The number of hydroxylamine groups is 2. The van der Waals surface area contributed by atoms with Crippen LogP contribution in [0.4, 0.5) is 0 Å². The van der Waals surface area contributed by atoms with Gasteiger partial charge in [0.05, 0.1) is 0 Å². The SMILES string of the molecule is O=CNO.O=CNO. The van der Waals surface area contributed by atoms with Crippen LogP contribution in [0, 0.1) is 0 Å². The Hall–Kier alpha value is -1.14. The highest BCUT2D eigenvalue weighted by atomic mass is 16.5. The van der Waals surface area contributed by atoms with Crippen LogP contribution >= 0.6 is 0 Å². The van der Waals surface area contributed by atoms with Crippen molar-refractivity contribution in [3.05, 3.63) is 0 Å². The zero-order valence-electron chi connectivity index (χ0n) is 3.87. The zero-order chi connectivity index (χ0) is 6.83. The fourth-order valence-corrected chi connectivity index (χ4v) is 0. The molecule has 4 N–H and O–H groups in total. The number of amides is 2. The van der Waals surface area contributed by atoms with E-state index in [2.05, 4.69) is 0 Å². The van der Waals surface area contributed by atoms with Gasteiger partial charge in [-0.25, -0.2) is 11.0 Å². The monoisotopic (exact) mass is 122 g/mol. The summed E-state index contributed by atoms with van der Waals surface area (Å²) in [6.45, 7) is 0. The largest absolute Gasteiger partial charge is 0.289 e. The van der Waals surface area contributed by atoms with E-state index in [4.69, 9.17) is 20.0 Å². The fraction of sp³-hybridized carbons (Fsp3) is 0. The van der Waals surface area contributed by atoms with Crippen molar-refractivity contribution in [1.82, 2.24) is 11.0 Å². The van der Waals surface area contributed by atoms with E-state index in [0.29, 0.717) is 0 Å². The Morgan fingerprint density at radius 3 is 1.12 bits per heavy atom. The topological polar surface area (TPSA) is 98.7 Å². The van der Waals surface area contributed by atoms with E-state index >= 15 is 0 Å². The number of hydrogen-bond acceptors (Lipinski definition) is 4. The highest BCUT2D eigenvalue weighted by Crippen LogP contribution is 1.08. The quantitative estimate of drug-likeness (QED) is 0.198. The Morgan fingerprint density at radius 2 is 1.12 bits per heavy atom. The van der Waals surface area contributed by atoms with Crippen LogP contribution in [0.3, 0.4) is 0 Å². The van der Waals surface area contributed by atoms with Crippen LogP contribution in [0.25, 0.3) is 0 Å². The number of carbonyl (C=O) groups excluding carboxylic acids is 2. The Bertz CT molecular complexity index is 48.0. The van der Waals surface area contributed by atoms with Crippen molar-refractivity contribution >= 4 is 12.8 Å². The van der Waals surface area contributed by atoms with Crippen molar-refractivity contribution in [1.29, 1.82) is 0 Å². The van der Waals surface area contributed by atoms with Crippen molar-refractivity contribution in [2.24, 2.45) is 0 Å². The van der Waals surface area contributed by atoms with Crippen molar-refractivity contribution in [3.63, 3.8) is 0 Å². The molecule has 6 heteroatoms. The lowest BCUT2D eigenvalue weighted by Gasteiger charge is -1.64. The molecule has 0 atom stereocenters. The maximum Gasteiger partial charge on any atom is 0.230 e. The van der Waals surface area contributed by atoms with E-state index < -0.39 is 0 Å². The number of carbonyl (C=O) groups is 2. The van der Waals surface area contributed by atoms with Crippen molar-refractivity contribution in [3.8, 4) is 0 Å². The minimum atomic E-state index is 0.181. The molecule has 0 aliphatic carbocycles. The van der Waals surface area contributed by atoms with Gasteiger partial charge in [0.2, 0.25) is 12.8 Å². The standard InChI is InChI=1S/2CH3NO2/c2*3-1-2-4/h2*1,4H,(H,2,3). The van der Waals surface area contributed by atoms with E-state index in [1.165, 1.54) is 11.0 Å². The summed E-state index contributed by atoms with van der Waals surface area (Å²) in [5.74, 6) is 0. The summed E-state index contributed by atoms with van der Waals surface area (Å²) in [5.41, 5.74) is 2.50. The normalized spacial score (nSPS) is 5.25. The molecule has 0 radical (unpaired) electrons. The molecule has 48 valence electrons. The van der Waals surface area contributed by atoms with Gasteiger partial charge in [-0.05, 0) is 0 Å². The van der Waals surface area contributed by atoms with Gasteiger partial charge in [-0.2, -0.15) is 0 Å². The average molecular weight is 122 g/mol. The molecule has 0 aromatic rings. The van der Waals surface area contributed by atoms with Gasteiger partial charge < -0.3 is 0 Å². The highest BCUT2D eigenvalue weighted by molar-refractivity contribution is 5.43. The summed E-state index contributed by atoms with van der Waals surface area (Å²) in [7, 11) is 0. The van der Waals surface area contributed by atoms with Gasteiger partial charge in [0.15, 0.2) is 0 Å².